The van der Waals surface area contributed by atoms with Gasteiger partial charge in [-0.1, -0.05) is 23.2 Å². The van der Waals surface area contributed by atoms with Crippen molar-refractivity contribution in [1.29, 1.82) is 0 Å². The van der Waals surface area contributed by atoms with Crippen LogP contribution in [0.15, 0.2) is 24.5 Å². The quantitative estimate of drug-likeness (QED) is 0.827. The lowest BCUT2D eigenvalue weighted by Gasteiger charge is -2.14. The molecule has 0 fully saturated rings. The van der Waals surface area contributed by atoms with E-state index in [0.29, 0.717) is 10.7 Å². The summed E-state index contributed by atoms with van der Waals surface area (Å²) in [5.74, 6) is -1.16. The first-order valence-electron chi connectivity index (χ1n) is 6.12. The number of ether oxygens (including phenoxy) is 1. The second-order valence-corrected chi connectivity index (χ2v) is 5.10. The van der Waals surface area contributed by atoms with Gasteiger partial charge in [-0.2, -0.15) is 0 Å². The summed E-state index contributed by atoms with van der Waals surface area (Å²) < 4.78 is 6.17. The predicted octanol–water partition coefficient (Wildman–Crippen LogP) is 1.55. The van der Waals surface area contributed by atoms with Crippen LogP contribution in [0.3, 0.4) is 0 Å². The molecule has 0 aliphatic carbocycles. The average Bonchev–Trinajstić information content (AvgIpc) is 2.94. The van der Waals surface area contributed by atoms with Crippen LogP contribution in [0.1, 0.15) is 6.92 Å². The predicted molar refractivity (Wildman–Crippen MR) is 78.5 cm³/mol. The van der Waals surface area contributed by atoms with Gasteiger partial charge in [0.25, 0.3) is 5.91 Å². The van der Waals surface area contributed by atoms with Crippen LogP contribution in [0.25, 0.3) is 0 Å². The van der Waals surface area contributed by atoms with Gasteiger partial charge in [0.15, 0.2) is 6.10 Å². The second kappa shape index (κ2) is 7.19. The van der Waals surface area contributed by atoms with Crippen molar-refractivity contribution in [2.75, 3.05) is 5.32 Å². The van der Waals surface area contributed by atoms with E-state index in [2.05, 4.69) is 20.8 Å². The maximum Gasteiger partial charge on any atom is 0.328 e. The number of esters is 1. The summed E-state index contributed by atoms with van der Waals surface area (Å²) >= 11 is 11.7. The molecule has 0 bridgehead atoms. The number of nitrogens with zero attached hydrogens (tertiary/aromatic N) is 4. The standard InChI is InChI=1S/C12H11Cl2N5O3/c1-7(22-11(20)5-19-6-15-17-18-19)12(21)16-10-3-2-8(13)4-9(10)14/h2-4,6-7H,5H2,1H3,(H,16,21)/t7-/m0/s1. The van der Waals surface area contributed by atoms with E-state index in [9.17, 15) is 9.59 Å². The molecular weight excluding hydrogens is 333 g/mol. The first-order valence-corrected chi connectivity index (χ1v) is 6.87. The molecule has 0 aliphatic rings. The van der Waals surface area contributed by atoms with E-state index < -0.39 is 18.0 Å². The molecule has 2 aromatic rings. The minimum absolute atomic E-state index is 0.188. The van der Waals surface area contributed by atoms with Crippen molar-refractivity contribution in [2.45, 2.75) is 19.6 Å². The highest BCUT2D eigenvalue weighted by atomic mass is 35.5. The van der Waals surface area contributed by atoms with Crippen LogP contribution in [0.4, 0.5) is 5.69 Å². The van der Waals surface area contributed by atoms with Crippen molar-refractivity contribution >= 4 is 40.8 Å². The Kier molecular flexibility index (Phi) is 5.29. The summed E-state index contributed by atoms with van der Waals surface area (Å²) in [6, 6.07) is 4.63. The smallest absolute Gasteiger partial charge is 0.328 e. The van der Waals surface area contributed by atoms with Crippen LogP contribution in [-0.4, -0.2) is 38.2 Å². The molecule has 0 unspecified atom stereocenters. The van der Waals surface area contributed by atoms with Crippen molar-refractivity contribution in [1.82, 2.24) is 20.2 Å². The van der Waals surface area contributed by atoms with Gasteiger partial charge >= 0.3 is 5.97 Å². The number of halogens is 2. The maximum absolute atomic E-state index is 12.0. The maximum atomic E-state index is 12.0. The van der Waals surface area contributed by atoms with Crippen LogP contribution in [0.2, 0.25) is 10.0 Å². The number of carbonyl (C=O) groups excluding carboxylic acids is 2. The summed E-state index contributed by atoms with van der Waals surface area (Å²) in [6.07, 6.45) is 0.259. The highest BCUT2D eigenvalue weighted by Crippen LogP contribution is 2.25. The van der Waals surface area contributed by atoms with Crippen LogP contribution in [0, 0.1) is 0 Å². The van der Waals surface area contributed by atoms with Crippen molar-refractivity contribution in [2.24, 2.45) is 0 Å². The fraction of sp³-hybridized carbons (Fsp3) is 0.250. The monoisotopic (exact) mass is 343 g/mol. The Balaban J connectivity index is 1.90. The number of hydrogen-bond donors (Lipinski definition) is 1. The van der Waals surface area contributed by atoms with Crippen LogP contribution in [0.5, 0.6) is 0 Å². The summed E-state index contributed by atoms with van der Waals surface area (Å²) in [5.41, 5.74) is 0.374. The Hall–Kier alpha value is -2.19. The summed E-state index contributed by atoms with van der Waals surface area (Å²) in [7, 11) is 0. The Morgan fingerprint density at radius 3 is 2.82 bits per heavy atom. The number of aromatic nitrogens is 4. The Labute approximate surface area is 135 Å². The minimum atomic E-state index is -1.00. The van der Waals surface area contributed by atoms with Crippen LogP contribution >= 0.6 is 23.2 Å². The van der Waals surface area contributed by atoms with E-state index in [4.69, 9.17) is 27.9 Å². The Morgan fingerprint density at radius 2 is 2.18 bits per heavy atom. The number of rotatable bonds is 5. The van der Waals surface area contributed by atoms with Gasteiger partial charge in [-0.15, -0.1) is 5.10 Å². The number of anilines is 1. The third-order valence-electron chi connectivity index (χ3n) is 2.55. The third kappa shape index (κ3) is 4.40. The van der Waals surface area contributed by atoms with E-state index in [1.165, 1.54) is 24.0 Å². The zero-order valence-corrected chi connectivity index (χ0v) is 12.9. The van der Waals surface area contributed by atoms with E-state index in [1.54, 1.807) is 12.1 Å². The normalized spacial score (nSPS) is 11.8. The Morgan fingerprint density at radius 1 is 1.41 bits per heavy atom. The summed E-state index contributed by atoms with van der Waals surface area (Å²) in [4.78, 5) is 23.6. The van der Waals surface area contributed by atoms with Crippen LogP contribution in [-0.2, 0) is 20.9 Å². The molecule has 1 aromatic carbocycles. The topological polar surface area (TPSA) is 99.0 Å². The highest BCUT2D eigenvalue weighted by Gasteiger charge is 2.19. The molecule has 0 saturated carbocycles. The van der Waals surface area contributed by atoms with Crippen molar-refractivity contribution in [3.8, 4) is 0 Å². The lowest BCUT2D eigenvalue weighted by molar-refractivity contribution is -0.153. The molecule has 0 aliphatic heterocycles. The van der Waals surface area contributed by atoms with Gasteiger partial charge in [0.05, 0.1) is 10.7 Å². The van der Waals surface area contributed by atoms with Gasteiger partial charge in [0.1, 0.15) is 12.9 Å². The van der Waals surface area contributed by atoms with Gasteiger partial charge < -0.3 is 10.1 Å². The largest absolute Gasteiger partial charge is 0.451 e. The molecule has 1 amide bonds. The molecule has 2 rings (SSSR count). The SMILES string of the molecule is C[C@H](OC(=O)Cn1cnnn1)C(=O)Nc1ccc(Cl)cc1Cl. The molecular formula is C12H11Cl2N5O3. The fourth-order valence-corrected chi connectivity index (χ4v) is 1.95. The number of hydrogen-bond acceptors (Lipinski definition) is 6. The molecule has 0 radical (unpaired) electrons. The van der Waals surface area contributed by atoms with Crippen molar-refractivity contribution in [3.63, 3.8) is 0 Å². The van der Waals surface area contributed by atoms with Gasteiger partial charge in [0, 0.05) is 5.02 Å². The molecule has 116 valence electrons. The number of amides is 1. The molecule has 1 atom stereocenters. The zero-order chi connectivity index (χ0) is 16.1. The van der Waals surface area contributed by atoms with Gasteiger partial charge in [-0.25, -0.2) is 4.68 Å². The summed E-state index contributed by atoms with van der Waals surface area (Å²) in [5, 5.41) is 13.6. The second-order valence-electron chi connectivity index (χ2n) is 4.25. The van der Waals surface area contributed by atoms with E-state index >= 15 is 0 Å². The molecule has 1 heterocycles. The van der Waals surface area contributed by atoms with Gasteiger partial charge in [-0.3, -0.25) is 9.59 Å². The third-order valence-corrected chi connectivity index (χ3v) is 3.10. The molecule has 0 saturated heterocycles. The highest BCUT2D eigenvalue weighted by molar-refractivity contribution is 6.36. The first kappa shape index (κ1) is 16.2. The number of benzene rings is 1. The van der Waals surface area contributed by atoms with E-state index in [0.717, 1.165) is 0 Å². The van der Waals surface area contributed by atoms with Crippen molar-refractivity contribution in [3.05, 3.63) is 34.6 Å². The molecule has 1 aromatic heterocycles. The van der Waals surface area contributed by atoms with E-state index in [-0.39, 0.29) is 11.6 Å². The molecule has 10 heteroatoms. The number of carbonyl (C=O) groups is 2. The fourth-order valence-electron chi connectivity index (χ4n) is 1.50. The molecule has 0 spiro atoms. The molecule has 1 N–H and O–H groups in total. The Bertz CT molecular complexity index is 677. The van der Waals surface area contributed by atoms with E-state index in [1.807, 2.05) is 0 Å². The number of tetrazole rings is 1. The average molecular weight is 344 g/mol. The van der Waals surface area contributed by atoms with Gasteiger partial charge in [-0.05, 0) is 35.5 Å². The van der Waals surface area contributed by atoms with Crippen LogP contribution < -0.4 is 5.32 Å². The minimum Gasteiger partial charge on any atom is -0.451 e. The number of nitrogens with one attached hydrogen (secondary N) is 1. The molecule has 22 heavy (non-hydrogen) atoms. The lowest BCUT2D eigenvalue weighted by atomic mass is 10.3. The van der Waals surface area contributed by atoms with Gasteiger partial charge in [0.2, 0.25) is 0 Å². The first-order chi connectivity index (χ1) is 10.5. The zero-order valence-electron chi connectivity index (χ0n) is 11.4. The summed E-state index contributed by atoms with van der Waals surface area (Å²) in [6.45, 7) is 1.25. The molecule has 8 nitrogen and oxygen atoms in total. The lowest BCUT2D eigenvalue weighted by Crippen LogP contribution is -2.31. The van der Waals surface area contributed by atoms with Crippen molar-refractivity contribution < 1.29 is 14.3 Å².